The van der Waals surface area contributed by atoms with Gasteiger partial charge in [0.2, 0.25) is 0 Å². The lowest BCUT2D eigenvalue weighted by Crippen LogP contribution is -2.10. The van der Waals surface area contributed by atoms with Gasteiger partial charge in [0.15, 0.2) is 0 Å². The summed E-state index contributed by atoms with van der Waals surface area (Å²) in [6.07, 6.45) is 0. The number of aromatic nitrogens is 2. The topological polar surface area (TPSA) is 29.0 Å². The molecule has 0 saturated carbocycles. The fourth-order valence-corrected chi connectivity index (χ4v) is 7.92. The van der Waals surface area contributed by atoms with Gasteiger partial charge in [-0.1, -0.05) is 188 Å². The lowest BCUT2D eigenvalue weighted by atomic mass is 9.94. The Labute approximate surface area is 345 Å². The number of rotatable bonds is 9. The van der Waals surface area contributed by atoms with E-state index in [9.17, 15) is 0 Å². The molecule has 0 unspecified atom stereocenters. The fourth-order valence-electron chi connectivity index (χ4n) is 7.92. The zero-order valence-corrected chi connectivity index (χ0v) is 32.4. The summed E-state index contributed by atoms with van der Waals surface area (Å²) in [6.45, 7) is 0. The van der Waals surface area contributed by atoms with E-state index in [-0.39, 0.29) is 0 Å². The predicted molar refractivity (Wildman–Crippen MR) is 247 cm³/mol. The van der Waals surface area contributed by atoms with Gasteiger partial charge < -0.3 is 4.90 Å². The third-order valence-electron chi connectivity index (χ3n) is 10.9. The Hall–Kier alpha value is -7.88. The van der Waals surface area contributed by atoms with Crippen LogP contribution in [0.15, 0.2) is 237 Å². The van der Waals surface area contributed by atoms with Gasteiger partial charge in [0.05, 0.1) is 22.4 Å². The molecular formula is C56H39N3. The molecule has 0 N–H and O–H groups in total. The third kappa shape index (κ3) is 7.30. The summed E-state index contributed by atoms with van der Waals surface area (Å²) in [5, 5.41) is 0. The average Bonchev–Trinajstić information content (AvgIpc) is 3.33. The quantitative estimate of drug-likeness (QED) is 0.147. The summed E-state index contributed by atoms with van der Waals surface area (Å²) >= 11 is 0. The normalized spacial score (nSPS) is 11.1. The molecule has 0 amide bonds. The van der Waals surface area contributed by atoms with Crippen LogP contribution in [0.4, 0.5) is 17.1 Å². The Morgan fingerprint density at radius 3 is 1.12 bits per heavy atom. The van der Waals surface area contributed by atoms with Crippen molar-refractivity contribution in [2.75, 3.05) is 4.90 Å². The second-order valence-corrected chi connectivity index (χ2v) is 14.6. The van der Waals surface area contributed by atoms with E-state index in [4.69, 9.17) is 9.97 Å². The number of anilines is 3. The molecule has 0 radical (unpaired) electrons. The Morgan fingerprint density at radius 1 is 0.237 bits per heavy atom. The van der Waals surface area contributed by atoms with Crippen molar-refractivity contribution in [3.63, 3.8) is 0 Å². The molecule has 0 aliphatic carbocycles. The molecular weight excluding hydrogens is 715 g/mol. The molecule has 10 aromatic rings. The van der Waals surface area contributed by atoms with Gasteiger partial charge >= 0.3 is 0 Å². The number of fused-ring (bicyclic) bond motifs is 1. The predicted octanol–water partition coefficient (Wildman–Crippen LogP) is 15.1. The van der Waals surface area contributed by atoms with Gasteiger partial charge in [0.25, 0.3) is 0 Å². The molecule has 1 aromatic heterocycles. The Kier molecular flexibility index (Phi) is 9.59. The SMILES string of the molecule is c1ccc(-c2ccc(-c3ccc(N(c4ccc(-c5nc6ccccc6nc5-c5ccccc5)cc4)c4cccc(-c5ccccc5-c5ccccc5)c4)cc3)cc2)cc1. The van der Waals surface area contributed by atoms with Crippen LogP contribution in [0.25, 0.3) is 78.1 Å². The maximum atomic E-state index is 5.18. The highest BCUT2D eigenvalue weighted by molar-refractivity contribution is 5.89. The van der Waals surface area contributed by atoms with Gasteiger partial charge in [-0.05, 0) is 93.0 Å². The van der Waals surface area contributed by atoms with Gasteiger partial charge in [-0.2, -0.15) is 0 Å². The van der Waals surface area contributed by atoms with Crippen LogP contribution < -0.4 is 4.90 Å². The molecule has 10 rings (SSSR count). The van der Waals surface area contributed by atoms with E-state index < -0.39 is 0 Å². The van der Waals surface area contributed by atoms with Crippen LogP contribution in [0.5, 0.6) is 0 Å². The molecule has 3 nitrogen and oxygen atoms in total. The molecule has 278 valence electrons. The smallest absolute Gasteiger partial charge is 0.0973 e. The molecule has 0 aliphatic heterocycles. The van der Waals surface area contributed by atoms with Gasteiger partial charge in [-0.15, -0.1) is 0 Å². The van der Waals surface area contributed by atoms with Crippen LogP contribution in [-0.2, 0) is 0 Å². The van der Waals surface area contributed by atoms with Gasteiger partial charge in [-0.3, -0.25) is 0 Å². The van der Waals surface area contributed by atoms with Crippen molar-refractivity contribution in [2.45, 2.75) is 0 Å². The van der Waals surface area contributed by atoms with Crippen LogP contribution in [0, 0.1) is 0 Å². The zero-order valence-electron chi connectivity index (χ0n) is 32.4. The maximum absolute atomic E-state index is 5.18. The molecule has 0 saturated heterocycles. The van der Waals surface area contributed by atoms with Crippen LogP contribution in [-0.4, -0.2) is 9.97 Å². The van der Waals surface area contributed by atoms with Crippen molar-refractivity contribution in [3.05, 3.63) is 237 Å². The van der Waals surface area contributed by atoms with E-state index in [2.05, 4.69) is 199 Å². The molecule has 0 atom stereocenters. The Balaban J connectivity index is 1.06. The first-order valence-corrected chi connectivity index (χ1v) is 20.0. The minimum Gasteiger partial charge on any atom is -0.310 e. The van der Waals surface area contributed by atoms with Gasteiger partial charge in [-0.25, -0.2) is 9.97 Å². The van der Waals surface area contributed by atoms with Crippen molar-refractivity contribution in [2.24, 2.45) is 0 Å². The minimum atomic E-state index is 0.857. The Bertz CT molecular complexity index is 3000. The highest BCUT2D eigenvalue weighted by atomic mass is 15.1. The Morgan fingerprint density at radius 2 is 0.593 bits per heavy atom. The van der Waals surface area contributed by atoms with Gasteiger partial charge in [0.1, 0.15) is 0 Å². The monoisotopic (exact) mass is 753 g/mol. The summed E-state index contributed by atoms with van der Waals surface area (Å²) < 4.78 is 0. The molecule has 1 heterocycles. The molecule has 0 aliphatic rings. The van der Waals surface area contributed by atoms with E-state index in [1.54, 1.807) is 0 Å². The van der Waals surface area contributed by atoms with Crippen LogP contribution in [0.1, 0.15) is 0 Å². The highest BCUT2D eigenvalue weighted by Crippen LogP contribution is 2.41. The average molecular weight is 754 g/mol. The molecule has 0 spiro atoms. The van der Waals surface area contributed by atoms with Crippen molar-refractivity contribution in [1.29, 1.82) is 0 Å². The summed E-state index contributed by atoms with van der Waals surface area (Å²) in [4.78, 5) is 12.6. The number of para-hydroxylation sites is 2. The van der Waals surface area contributed by atoms with E-state index in [1.165, 1.54) is 33.4 Å². The molecule has 0 bridgehead atoms. The third-order valence-corrected chi connectivity index (χ3v) is 10.9. The lowest BCUT2D eigenvalue weighted by molar-refractivity contribution is 1.27. The first-order valence-electron chi connectivity index (χ1n) is 20.0. The molecule has 0 fully saturated rings. The molecule has 9 aromatic carbocycles. The summed E-state index contributed by atoms with van der Waals surface area (Å²) in [5.41, 5.74) is 18.2. The second-order valence-electron chi connectivity index (χ2n) is 14.6. The standard InChI is InChI=1S/C56H39N3/c1-4-15-40(16-5-1)41-27-29-42(30-28-41)43-31-35-48(36-32-43)59(50-22-14-21-47(39-50)52-24-11-10-23-51(52)44-17-6-2-7-18-44)49-37-33-46(34-38-49)56-55(45-19-8-3-9-20-45)57-53-25-12-13-26-54(53)58-56/h1-39H. The van der Waals surface area contributed by atoms with E-state index in [0.717, 1.165) is 61.7 Å². The minimum absolute atomic E-state index is 0.857. The largest absolute Gasteiger partial charge is 0.310 e. The molecule has 59 heavy (non-hydrogen) atoms. The van der Waals surface area contributed by atoms with E-state index >= 15 is 0 Å². The lowest BCUT2D eigenvalue weighted by Gasteiger charge is -2.27. The number of benzene rings is 9. The summed E-state index contributed by atoms with van der Waals surface area (Å²) in [6, 6.07) is 83.5. The maximum Gasteiger partial charge on any atom is 0.0973 e. The first-order chi connectivity index (χ1) is 29.2. The van der Waals surface area contributed by atoms with Crippen molar-refractivity contribution >= 4 is 28.1 Å². The molecule has 3 heteroatoms. The number of nitrogens with zero attached hydrogens (tertiary/aromatic N) is 3. The van der Waals surface area contributed by atoms with Crippen molar-refractivity contribution in [1.82, 2.24) is 9.97 Å². The number of hydrogen-bond acceptors (Lipinski definition) is 3. The van der Waals surface area contributed by atoms with Crippen molar-refractivity contribution in [3.8, 4) is 67.0 Å². The van der Waals surface area contributed by atoms with Gasteiger partial charge in [0, 0.05) is 28.2 Å². The van der Waals surface area contributed by atoms with E-state index in [1.807, 2.05) is 42.5 Å². The number of hydrogen-bond donors (Lipinski definition) is 0. The first kappa shape index (κ1) is 35.5. The van der Waals surface area contributed by atoms with Crippen LogP contribution >= 0.6 is 0 Å². The zero-order chi connectivity index (χ0) is 39.4. The summed E-state index contributed by atoms with van der Waals surface area (Å²) in [7, 11) is 0. The van der Waals surface area contributed by atoms with E-state index in [0.29, 0.717) is 0 Å². The van der Waals surface area contributed by atoms with Crippen LogP contribution in [0.2, 0.25) is 0 Å². The highest BCUT2D eigenvalue weighted by Gasteiger charge is 2.18. The second kappa shape index (κ2) is 15.9. The fraction of sp³-hybridized carbons (Fsp3) is 0. The summed E-state index contributed by atoms with van der Waals surface area (Å²) in [5.74, 6) is 0. The van der Waals surface area contributed by atoms with Crippen LogP contribution in [0.3, 0.4) is 0 Å². The van der Waals surface area contributed by atoms with Crippen molar-refractivity contribution < 1.29 is 0 Å².